The summed E-state index contributed by atoms with van der Waals surface area (Å²) in [6.07, 6.45) is -0.522. The third kappa shape index (κ3) is 7.70. The van der Waals surface area contributed by atoms with Crippen LogP contribution in [0.2, 0.25) is 0 Å². The van der Waals surface area contributed by atoms with Crippen LogP contribution in [0, 0.1) is 0 Å². The molecular weight excluding hydrogens is 372 g/mol. The topological polar surface area (TPSA) is 71.8 Å². The Hall–Kier alpha value is -1.90. The van der Waals surface area contributed by atoms with Crippen molar-refractivity contribution in [1.29, 1.82) is 0 Å². The Kier molecular flexibility index (Phi) is 9.48. The number of hydrogen-bond donors (Lipinski definition) is 1. The van der Waals surface area contributed by atoms with Crippen molar-refractivity contribution < 1.29 is 27.9 Å². The maximum atomic E-state index is 13.0. The molecule has 9 heteroatoms. The van der Waals surface area contributed by atoms with E-state index in [0.29, 0.717) is 18.4 Å². The van der Waals surface area contributed by atoms with Gasteiger partial charge in [0.25, 0.3) is 0 Å². The monoisotopic (exact) mass is 390 g/mol. The van der Waals surface area contributed by atoms with Crippen LogP contribution in [-0.4, -0.2) is 57.9 Å². The molecule has 0 fully saturated rings. The molecule has 1 heterocycles. The Morgan fingerprint density at radius 2 is 1.89 bits per heavy atom. The third-order valence-electron chi connectivity index (χ3n) is 3.43. The van der Waals surface area contributed by atoms with Crippen molar-refractivity contribution >= 4 is 41.2 Å². The molecular formula is C18H18F3N2NaO3. The van der Waals surface area contributed by atoms with Gasteiger partial charge in [-0.2, -0.15) is 13.2 Å². The Morgan fingerprint density at radius 1 is 1.15 bits per heavy atom. The van der Waals surface area contributed by atoms with Crippen LogP contribution in [0.15, 0.2) is 53.9 Å². The summed E-state index contributed by atoms with van der Waals surface area (Å²) in [5.74, 6) is -0.895. The van der Waals surface area contributed by atoms with Crippen molar-refractivity contribution in [1.82, 2.24) is 4.98 Å². The molecule has 0 spiro atoms. The first-order valence-electron chi connectivity index (χ1n) is 7.87. The van der Waals surface area contributed by atoms with Crippen LogP contribution in [0.25, 0.3) is 0 Å². The summed E-state index contributed by atoms with van der Waals surface area (Å²) < 4.78 is 38.9. The normalized spacial score (nSPS) is 11.6. The second kappa shape index (κ2) is 11.1. The van der Waals surface area contributed by atoms with E-state index in [9.17, 15) is 18.0 Å². The fraction of sp³-hybridized carbons (Fsp3) is 0.278. The van der Waals surface area contributed by atoms with Gasteiger partial charge >= 0.3 is 41.7 Å². The van der Waals surface area contributed by atoms with Gasteiger partial charge in [0, 0.05) is 29.9 Å². The number of benzene rings is 1. The summed E-state index contributed by atoms with van der Waals surface area (Å²) in [6, 6.07) is 8.10. The molecule has 0 radical (unpaired) electrons. The number of halogens is 3. The Bertz CT molecular complexity index is 768. The number of carboxylic acids is 1. The first-order chi connectivity index (χ1) is 12.4. The van der Waals surface area contributed by atoms with Gasteiger partial charge in [0.1, 0.15) is 12.3 Å². The summed E-state index contributed by atoms with van der Waals surface area (Å²) in [5.41, 5.74) is 0.200. The Labute approximate surface area is 176 Å². The van der Waals surface area contributed by atoms with Crippen molar-refractivity contribution in [2.24, 2.45) is 5.16 Å². The summed E-state index contributed by atoms with van der Waals surface area (Å²) in [6.45, 7) is 0.163. The van der Waals surface area contributed by atoms with E-state index < -0.39 is 17.7 Å². The number of carbonyl (C=O) groups is 1. The molecule has 1 N–H and O–H groups in total. The molecule has 1 aromatic carbocycles. The molecule has 1 aromatic heterocycles. The molecule has 5 nitrogen and oxygen atoms in total. The first-order valence-corrected chi connectivity index (χ1v) is 7.87. The van der Waals surface area contributed by atoms with Gasteiger partial charge in [0.15, 0.2) is 0 Å². The number of aromatic nitrogens is 1. The van der Waals surface area contributed by atoms with Gasteiger partial charge in [-0.1, -0.05) is 17.3 Å². The van der Waals surface area contributed by atoms with Crippen LogP contribution >= 0.6 is 0 Å². The van der Waals surface area contributed by atoms with Crippen LogP contribution in [-0.2, 0) is 15.8 Å². The number of aliphatic carboxylic acids is 1. The molecule has 140 valence electrons. The molecule has 0 amide bonds. The zero-order valence-electron chi connectivity index (χ0n) is 13.7. The van der Waals surface area contributed by atoms with Crippen molar-refractivity contribution in [3.8, 4) is 0 Å². The molecule has 2 aromatic rings. The molecule has 0 bridgehead atoms. The van der Waals surface area contributed by atoms with E-state index in [2.05, 4.69) is 10.1 Å². The first kappa shape index (κ1) is 23.1. The quantitative estimate of drug-likeness (QED) is 0.324. The maximum absolute atomic E-state index is 13.0. The molecule has 0 aliphatic carbocycles. The van der Waals surface area contributed by atoms with Gasteiger partial charge < -0.3 is 9.94 Å². The Morgan fingerprint density at radius 3 is 2.52 bits per heavy atom. The molecule has 0 unspecified atom stereocenters. The number of alkyl halides is 3. The van der Waals surface area contributed by atoms with Crippen LogP contribution in [0.3, 0.4) is 0 Å². The molecule has 2 rings (SSSR count). The zero-order chi connectivity index (χ0) is 19.0. The number of carboxylic acid groups (broad SMARTS) is 1. The average Bonchev–Trinajstić information content (AvgIpc) is 2.61. The van der Waals surface area contributed by atoms with Crippen LogP contribution in [0.1, 0.15) is 36.0 Å². The van der Waals surface area contributed by atoms with Gasteiger partial charge in [-0.15, -0.1) is 0 Å². The van der Waals surface area contributed by atoms with Gasteiger partial charge in [-0.3, -0.25) is 9.78 Å². The fourth-order valence-electron chi connectivity index (χ4n) is 2.17. The summed E-state index contributed by atoms with van der Waals surface area (Å²) in [4.78, 5) is 19.6. The van der Waals surface area contributed by atoms with E-state index >= 15 is 0 Å². The SMILES string of the molecule is O=C(O)CCCCO/N=C(\c1cccnc1)c1cccc(C(F)(F)F)c1.[NaH]. The van der Waals surface area contributed by atoms with Gasteiger partial charge in [0.05, 0.1) is 5.56 Å². The van der Waals surface area contributed by atoms with E-state index in [0.717, 1.165) is 12.1 Å². The minimum atomic E-state index is -4.46. The van der Waals surface area contributed by atoms with E-state index in [4.69, 9.17) is 9.94 Å². The van der Waals surface area contributed by atoms with Crippen molar-refractivity contribution in [2.45, 2.75) is 25.4 Å². The van der Waals surface area contributed by atoms with E-state index in [1.54, 1.807) is 18.3 Å². The predicted molar refractivity (Wildman–Crippen MR) is 95.9 cm³/mol. The summed E-state index contributed by atoms with van der Waals surface area (Å²) >= 11 is 0. The van der Waals surface area contributed by atoms with Crippen LogP contribution < -0.4 is 0 Å². The van der Waals surface area contributed by atoms with Crippen molar-refractivity contribution in [3.05, 3.63) is 65.5 Å². The summed E-state index contributed by atoms with van der Waals surface area (Å²) in [5, 5.41) is 12.5. The van der Waals surface area contributed by atoms with Gasteiger partial charge in [-0.25, -0.2) is 0 Å². The molecule has 0 aliphatic rings. The number of pyridine rings is 1. The zero-order valence-corrected chi connectivity index (χ0v) is 13.7. The van der Waals surface area contributed by atoms with Crippen LogP contribution in [0.5, 0.6) is 0 Å². The fourth-order valence-corrected chi connectivity index (χ4v) is 2.17. The van der Waals surface area contributed by atoms with Crippen molar-refractivity contribution in [2.75, 3.05) is 6.61 Å². The van der Waals surface area contributed by atoms with Crippen LogP contribution in [0.4, 0.5) is 13.2 Å². The van der Waals surface area contributed by atoms with Gasteiger partial charge in [-0.05, 0) is 37.1 Å². The molecule has 0 saturated heterocycles. The molecule has 27 heavy (non-hydrogen) atoms. The second-order valence-electron chi connectivity index (χ2n) is 5.44. The standard InChI is InChI=1S/C18H17F3N2O3.Na.H/c19-18(20,21)15-7-3-5-13(11-15)17(14-6-4-9-22-12-14)23-26-10-2-1-8-16(24)25;;/h3-7,9,11-12H,1-2,8,10H2,(H,24,25);;/b23-17-;;. The number of hydrogen-bond acceptors (Lipinski definition) is 4. The number of nitrogens with zero attached hydrogens (tertiary/aromatic N) is 2. The van der Waals surface area contributed by atoms with E-state index in [1.807, 2.05) is 0 Å². The predicted octanol–water partition coefficient (Wildman–Crippen LogP) is 3.48. The number of rotatable bonds is 8. The number of unbranched alkanes of at least 4 members (excludes halogenated alkanes) is 1. The minimum absolute atomic E-state index is 0. The van der Waals surface area contributed by atoms with E-state index in [1.165, 1.54) is 18.3 Å². The Balaban J connectivity index is 0.00000364. The second-order valence-corrected chi connectivity index (χ2v) is 5.44. The molecule has 0 aliphatic heterocycles. The third-order valence-corrected chi connectivity index (χ3v) is 3.43. The van der Waals surface area contributed by atoms with E-state index in [-0.39, 0.29) is 53.9 Å². The molecule has 0 atom stereocenters. The van der Waals surface area contributed by atoms with Crippen molar-refractivity contribution in [3.63, 3.8) is 0 Å². The average molecular weight is 390 g/mol. The van der Waals surface area contributed by atoms with Gasteiger partial charge in [0.2, 0.25) is 0 Å². The summed E-state index contributed by atoms with van der Waals surface area (Å²) in [7, 11) is 0. The number of oxime groups is 1. The molecule has 0 saturated carbocycles.